The number of hydrazine groups is 1. The number of amides is 2. The van der Waals surface area contributed by atoms with Gasteiger partial charge in [-0.15, -0.1) is 0 Å². The molecule has 0 fully saturated rings. The van der Waals surface area contributed by atoms with Gasteiger partial charge in [0.25, 0.3) is 21.8 Å². The molecule has 2 amide bonds. The van der Waals surface area contributed by atoms with E-state index < -0.39 is 21.8 Å². The number of anilines is 1. The van der Waals surface area contributed by atoms with E-state index in [9.17, 15) is 18.0 Å². The van der Waals surface area contributed by atoms with Gasteiger partial charge in [0.05, 0.1) is 26.7 Å². The molecule has 1 aliphatic heterocycles. The predicted octanol–water partition coefficient (Wildman–Crippen LogP) is 2.95. The van der Waals surface area contributed by atoms with Gasteiger partial charge in [-0.1, -0.05) is 29.8 Å². The maximum absolute atomic E-state index is 13.4. The Morgan fingerprint density at radius 1 is 1.00 bits per heavy atom. The molecule has 2 N–H and O–H groups in total. The molecule has 10 heteroatoms. The molecule has 0 saturated carbocycles. The van der Waals surface area contributed by atoms with Gasteiger partial charge in [-0.2, -0.15) is 0 Å². The van der Waals surface area contributed by atoms with Crippen LogP contribution >= 0.6 is 11.6 Å². The highest BCUT2D eigenvalue weighted by Crippen LogP contribution is 2.32. The quantitative estimate of drug-likeness (QED) is 0.570. The summed E-state index contributed by atoms with van der Waals surface area (Å²) in [5, 5.41) is 0.0520. The Balaban J connectivity index is 1.57. The zero-order valence-corrected chi connectivity index (χ0v) is 18.4. The lowest BCUT2D eigenvalue weighted by molar-refractivity contribution is 0.0846. The summed E-state index contributed by atoms with van der Waals surface area (Å²) in [5.74, 6) is -1.32. The molecule has 4 rings (SSSR count). The van der Waals surface area contributed by atoms with Crippen molar-refractivity contribution in [2.75, 3.05) is 10.8 Å². The second kappa shape index (κ2) is 8.97. The summed E-state index contributed by atoms with van der Waals surface area (Å²) in [5.41, 5.74) is 6.26. The van der Waals surface area contributed by atoms with Crippen LogP contribution in [0.25, 0.3) is 0 Å². The summed E-state index contributed by atoms with van der Waals surface area (Å²) in [6.07, 6.45) is 4.35. The number of pyridine rings is 1. The molecule has 2 heterocycles. The van der Waals surface area contributed by atoms with Gasteiger partial charge in [0.1, 0.15) is 0 Å². The highest BCUT2D eigenvalue weighted by Gasteiger charge is 2.30. The smallest absolute Gasteiger partial charge is 0.267 e. The number of halogens is 1. The molecule has 1 aliphatic rings. The van der Waals surface area contributed by atoms with Gasteiger partial charge in [0.2, 0.25) is 0 Å². The van der Waals surface area contributed by atoms with Crippen molar-refractivity contribution in [1.82, 2.24) is 15.8 Å². The maximum Gasteiger partial charge on any atom is 0.271 e. The van der Waals surface area contributed by atoms with Crippen molar-refractivity contribution in [3.63, 3.8) is 0 Å². The molecule has 1 aromatic heterocycles. The van der Waals surface area contributed by atoms with E-state index in [4.69, 9.17) is 11.6 Å². The summed E-state index contributed by atoms with van der Waals surface area (Å²) in [7, 11) is -3.92. The largest absolute Gasteiger partial charge is 0.271 e. The van der Waals surface area contributed by atoms with Crippen LogP contribution in [0.15, 0.2) is 71.9 Å². The lowest BCUT2D eigenvalue weighted by Gasteiger charge is -2.30. The molecular formula is C22H19ClN4O4S. The average molecular weight is 471 g/mol. The number of carbonyl (C=O) groups excluding carboxylic acids is 2. The van der Waals surface area contributed by atoms with Gasteiger partial charge in [-0.05, 0) is 54.8 Å². The summed E-state index contributed by atoms with van der Waals surface area (Å²) in [6, 6.07) is 14.4. The molecule has 0 radical (unpaired) electrons. The van der Waals surface area contributed by atoms with Gasteiger partial charge < -0.3 is 0 Å². The zero-order chi connectivity index (χ0) is 22.7. The number of fused-ring (bicyclic) bond motifs is 1. The first kappa shape index (κ1) is 21.8. The van der Waals surface area contributed by atoms with Gasteiger partial charge in [0.15, 0.2) is 0 Å². The summed E-state index contributed by atoms with van der Waals surface area (Å²) >= 11 is 6.15. The number of para-hydroxylation sites is 1. The third kappa shape index (κ3) is 4.30. The topological polar surface area (TPSA) is 108 Å². The Labute approximate surface area is 190 Å². The number of hydrogen-bond donors (Lipinski definition) is 2. The third-order valence-electron chi connectivity index (χ3n) is 5.05. The first-order chi connectivity index (χ1) is 15.4. The number of benzene rings is 2. The highest BCUT2D eigenvalue weighted by molar-refractivity contribution is 7.92. The van der Waals surface area contributed by atoms with Gasteiger partial charge in [-0.25, -0.2) is 8.42 Å². The molecule has 0 spiro atoms. The highest BCUT2D eigenvalue weighted by atomic mass is 35.5. The molecule has 3 aromatic rings. The Morgan fingerprint density at radius 3 is 2.56 bits per heavy atom. The second-order valence-corrected chi connectivity index (χ2v) is 9.37. The molecule has 2 aromatic carbocycles. The number of aromatic nitrogens is 1. The van der Waals surface area contributed by atoms with Crippen LogP contribution in [0.2, 0.25) is 5.02 Å². The predicted molar refractivity (Wildman–Crippen MR) is 120 cm³/mol. The Kier molecular flexibility index (Phi) is 6.11. The summed E-state index contributed by atoms with van der Waals surface area (Å²) < 4.78 is 28.1. The van der Waals surface area contributed by atoms with Crippen molar-refractivity contribution in [3.05, 3.63) is 88.7 Å². The minimum Gasteiger partial charge on any atom is -0.267 e. The molecule has 0 saturated heterocycles. The number of rotatable bonds is 4. The molecule has 8 nitrogen and oxygen atoms in total. The van der Waals surface area contributed by atoms with Crippen LogP contribution in [0, 0.1) is 0 Å². The van der Waals surface area contributed by atoms with E-state index in [2.05, 4.69) is 15.8 Å². The number of nitrogens with one attached hydrogen (secondary N) is 2. The minimum atomic E-state index is -3.92. The number of sulfonamides is 1. The standard InChI is InChI=1S/C22H19ClN4O4S/c23-19-10-9-17(32(30,31)27-12-4-7-15-5-1-2-8-20(15)27)13-18(19)22(29)26-25-21(28)16-6-3-11-24-14-16/h1-3,5-6,8-11,13-14H,4,7,12H2,(H,25,28)(H,26,29). The normalized spacial score (nSPS) is 13.2. The molecular weight excluding hydrogens is 452 g/mol. The molecule has 164 valence electrons. The SMILES string of the molecule is O=C(NNC(=O)c1cc(S(=O)(=O)N2CCCc3ccccc32)ccc1Cl)c1cccnc1. The van der Waals surface area contributed by atoms with E-state index in [1.165, 1.54) is 41.0 Å². The molecule has 0 atom stereocenters. The molecule has 0 aliphatic carbocycles. The molecule has 32 heavy (non-hydrogen) atoms. The van der Waals surface area contributed by atoms with Crippen molar-refractivity contribution in [2.45, 2.75) is 17.7 Å². The Bertz CT molecular complexity index is 1280. The van der Waals surface area contributed by atoms with Crippen molar-refractivity contribution >= 4 is 39.1 Å². The second-order valence-electron chi connectivity index (χ2n) is 7.10. The monoisotopic (exact) mass is 470 g/mol. The van der Waals surface area contributed by atoms with Crippen LogP contribution < -0.4 is 15.2 Å². The number of nitrogens with zero attached hydrogens (tertiary/aromatic N) is 2. The van der Waals surface area contributed by atoms with Crippen LogP contribution in [0.3, 0.4) is 0 Å². The summed E-state index contributed by atoms with van der Waals surface area (Å²) in [4.78, 5) is 28.5. The Morgan fingerprint density at radius 2 is 1.78 bits per heavy atom. The van der Waals surface area contributed by atoms with E-state index in [0.29, 0.717) is 18.7 Å². The minimum absolute atomic E-state index is 0.0520. The van der Waals surface area contributed by atoms with Gasteiger partial charge in [-0.3, -0.25) is 29.7 Å². The van der Waals surface area contributed by atoms with Crippen molar-refractivity contribution in [2.24, 2.45) is 0 Å². The first-order valence-corrected chi connectivity index (χ1v) is 11.6. The first-order valence-electron chi connectivity index (χ1n) is 9.79. The van der Waals surface area contributed by atoms with Crippen molar-refractivity contribution < 1.29 is 18.0 Å². The Hall–Kier alpha value is -3.43. The fraction of sp³-hybridized carbons (Fsp3) is 0.136. The van der Waals surface area contributed by atoms with E-state index >= 15 is 0 Å². The van der Waals surface area contributed by atoms with Crippen LogP contribution in [0.4, 0.5) is 5.69 Å². The van der Waals surface area contributed by atoms with Crippen LogP contribution in [-0.2, 0) is 16.4 Å². The lowest BCUT2D eigenvalue weighted by Crippen LogP contribution is -2.42. The van der Waals surface area contributed by atoms with Crippen molar-refractivity contribution in [1.29, 1.82) is 0 Å². The van der Waals surface area contributed by atoms with E-state index in [-0.39, 0.29) is 21.0 Å². The third-order valence-corrected chi connectivity index (χ3v) is 7.19. The lowest BCUT2D eigenvalue weighted by atomic mass is 10.0. The fourth-order valence-corrected chi connectivity index (χ4v) is 5.24. The maximum atomic E-state index is 13.4. The van der Waals surface area contributed by atoms with E-state index in [1.807, 2.05) is 12.1 Å². The van der Waals surface area contributed by atoms with Crippen LogP contribution in [0.5, 0.6) is 0 Å². The van der Waals surface area contributed by atoms with Crippen LogP contribution in [0.1, 0.15) is 32.7 Å². The average Bonchev–Trinajstić information content (AvgIpc) is 2.82. The number of hydrogen-bond acceptors (Lipinski definition) is 5. The van der Waals surface area contributed by atoms with Crippen LogP contribution in [-0.4, -0.2) is 31.8 Å². The van der Waals surface area contributed by atoms with Gasteiger partial charge >= 0.3 is 0 Å². The molecule has 0 unspecified atom stereocenters. The number of aryl methyl sites for hydroxylation is 1. The van der Waals surface area contributed by atoms with Gasteiger partial charge in [0, 0.05) is 18.9 Å². The fourth-order valence-electron chi connectivity index (χ4n) is 3.46. The van der Waals surface area contributed by atoms with E-state index in [0.717, 1.165) is 12.0 Å². The van der Waals surface area contributed by atoms with E-state index in [1.54, 1.807) is 18.2 Å². The zero-order valence-electron chi connectivity index (χ0n) is 16.8. The molecule has 0 bridgehead atoms. The van der Waals surface area contributed by atoms with Crippen molar-refractivity contribution in [3.8, 4) is 0 Å². The summed E-state index contributed by atoms with van der Waals surface area (Å²) in [6.45, 7) is 0.338. The number of carbonyl (C=O) groups is 2.